The SMILES string of the molecule is CN=C(NCCc1ccc(OCC(=O)NC2CC2)cc1)N(C)Cc1ccccc1C. The van der Waals surface area contributed by atoms with Crippen LogP contribution in [0.4, 0.5) is 0 Å². The zero-order chi connectivity index (χ0) is 21.3. The molecule has 2 N–H and O–H groups in total. The first-order chi connectivity index (χ1) is 14.5. The molecule has 0 radical (unpaired) electrons. The molecule has 30 heavy (non-hydrogen) atoms. The van der Waals surface area contributed by atoms with Gasteiger partial charge in [-0.15, -0.1) is 0 Å². The number of carbonyl (C=O) groups excluding carboxylic acids is 1. The van der Waals surface area contributed by atoms with E-state index in [2.05, 4.69) is 51.7 Å². The molecule has 1 amide bonds. The van der Waals surface area contributed by atoms with Gasteiger partial charge in [-0.2, -0.15) is 0 Å². The van der Waals surface area contributed by atoms with Gasteiger partial charge in [0.2, 0.25) is 0 Å². The standard InChI is InChI=1S/C24H32N4O2/c1-18-6-4-5-7-20(18)16-28(3)24(25-2)26-15-14-19-8-12-22(13-9-19)30-17-23(29)27-21-10-11-21/h4-9,12-13,21H,10-11,14-17H2,1-3H3,(H,25,26)(H,27,29). The lowest BCUT2D eigenvalue weighted by atomic mass is 10.1. The van der Waals surface area contributed by atoms with Gasteiger partial charge in [-0.1, -0.05) is 36.4 Å². The van der Waals surface area contributed by atoms with E-state index < -0.39 is 0 Å². The lowest BCUT2D eigenvalue weighted by Gasteiger charge is -2.23. The maximum Gasteiger partial charge on any atom is 0.258 e. The monoisotopic (exact) mass is 408 g/mol. The van der Waals surface area contributed by atoms with Crippen LogP contribution in [0.25, 0.3) is 0 Å². The molecule has 1 aliphatic rings. The van der Waals surface area contributed by atoms with Crippen LogP contribution in [-0.2, 0) is 17.8 Å². The van der Waals surface area contributed by atoms with Gasteiger partial charge in [-0.25, -0.2) is 0 Å². The quantitative estimate of drug-likeness (QED) is 0.495. The highest BCUT2D eigenvalue weighted by atomic mass is 16.5. The number of aliphatic imine (C=N–C) groups is 1. The lowest BCUT2D eigenvalue weighted by Crippen LogP contribution is -2.39. The molecule has 0 heterocycles. The number of nitrogens with zero attached hydrogens (tertiary/aromatic N) is 2. The average molecular weight is 409 g/mol. The molecule has 0 saturated heterocycles. The van der Waals surface area contributed by atoms with Crippen LogP contribution in [0, 0.1) is 6.92 Å². The summed E-state index contributed by atoms with van der Waals surface area (Å²) in [5.74, 6) is 1.54. The van der Waals surface area contributed by atoms with Crippen LogP contribution in [0.1, 0.15) is 29.5 Å². The van der Waals surface area contributed by atoms with Gasteiger partial charge in [0, 0.05) is 33.2 Å². The van der Waals surface area contributed by atoms with Gasteiger partial charge in [-0.05, 0) is 55.0 Å². The molecule has 160 valence electrons. The smallest absolute Gasteiger partial charge is 0.258 e. The van der Waals surface area contributed by atoms with Gasteiger partial charge in [0.05, 0.1) is 0 Å². The number of benzene rings is 2. The van der Waals surface area contributed by atoms with Gasteiger partial charge in [0.25, 0.3) is 5.91 Å². The molecule has 1 saturated carbocycles. The van der Waals surface area contributed by atoms with Crippen molar-refractivity contribution in [3.63, 3.8) is 0 Å². The molecular formula is C24H32N4O2. The molecule has 6 heteroatoms. The summed E-state index contributed by atoms with van der Waals surface area (Å²) in [7, 11) is 3.86. The normalized spacial score (nSPS) is 13.6. The molecule has 2 aromatic carbocycles. The minimum absolute atomic E-state index is 0.0491. The number of hydrogen-bond donors (Lipinski definition) is 2. The summed E-state index contributed by atoms with van der Waals surface area (Å²) >= 11 is 0. The minimum Gasteiger partial charge on any atom is -0.484 e. The van der Waals surface area contributed by atoms with E-state index >= 15 is 0 Å². The van der Waals surface area contributed by atoms with E-state index in [0.717, 1.165) is 38.3 Å². The van der Waals surface area contributed by atoms with E-state index in [9.17, 15) is 4.79 Å². The Bertz CT molecular complexity index is 860. The summed E-state index contributed by atoms with van der Waals surface area (Å²) in [6.45, 7) is 3.80. The largest absolute Gasteiger partial charge is 0.484 e. The molecule has 1 aliphatic carbocycles. The fraction of sp³-hybridized carbons (Fsp3) is 0.417. The first kappa shape index (κ1) is 21.7. The third-order valence-corrected chi connectivity index (χ3v) is 5.17. The number of aryl methyl sites for hydroxylation is 1. The second-order valence-electron chi connectivity index (χ2n) is 7.78. The Morgan fingerprint density at radius 3 is 2.57 bits per heavy atom. The maximum atomic E-state index is 11.7. The van der Waals surface area contributed by atoms with Gasteiger partial charge < -0.3 is 20.3 Å². The molecule has 3 rings (SSSR count). The van der Waals surface area contributed by atoms with Crippen LogP contribution < -0.4 is 15.4 Å². The highest BCUT2D eigenvalue weighted by Crippen LogP contribution is 2.18. The van der Waals surface area contributed by atoms with Crippen molar-refractivity contribution in [3.05, 3.63) is 65.2 Å². The van der Waals surface area contributed by atoms with E-state index in [0.29, 0.717) is 11.8 Å². The predicted molar refractivity (Wildman–Crippen MR) is 121 cm³/mol. The highest BCUT2D eigenvalue weighted by molar-refractivity contribution is 5.79. The van der Waals surface area contributed by atoms with Gasteiger partial charge in [0.15, 0.2) is 12.6 Å². The Morgan fingerprint density at radius 1 is 1.17 bits per heavy atom. The lowest BCUT2D eigenvalue weighted by molar-refractivity contribution is -0.123. The highest BCUT2D eigenvalue weighted by Gasteiger charge is 2.23. The summed E-state index contributed by atoms with van der Waals surface area (Å²) in [6, 6.07) is 16.7. The molecule has 1 fully saturated rings. The number of hydrogen-bond acceptors (Lipinski definition) is 3. The minimum atomic E-state index is -0.0491. The van der Waals surface area contributed by atoms with E-state index in [-0.39, 0.29) is 12.5 Å². The Hall–Kier alpha value is -3.02. The van der Waals surface area contributed by atoms with Gasteiger partial charge in [0.1, 0.15) is 5.75 Å². The number of guanidine groups is 1. The van der Waals surface area contributed by atoms with Crippen LogP contribution in [0.5, 0.6) is 5.75 Å². The third kappa shape index (κ3) is 6.79. The Balaban J connectivity index is 1.40. The van der Waals surface area contributed by atoms with Crippen LogP contribution in [0.15, 0.2) is 53.5 Å². The zero-order valence-corrected chi connectivity index (χ0v) is 18.1. The van der Waals surface area contributed by atoms with Crippen LogP contribution in [0.2, 0.25) is 0 Å². The van der Waals surface area contributed by atoms with Crippen molar-refractivity contribution in [3.8, 4) is 5.75 Å². The first-order valence-electron chi connectivity index (χ1n) is 10.5. The number of amides is 1. The molecule has 0 spiro atoms. The summed E-state index contributed by atoms with van der Waals surface area (Å²) in [4.78, 5) is 18.2. The summed E-state index contributed by atoms with van der Waals surface area (Å²) < 4.78 is 5.56. The van der Waals surface area contributed by atoms with Gasteiger partial charge >= 0.3 is 0 Å². The Labute approximate surface area is 179 Å². The molecular weight excluding hydrogens is 376 g/mol. The fourth-order valence-corrected chi connectivity index (χ4v) is 3.22. The molecule has 0 aromatic heterocycles. The second-order valence-corrected chi connectivity index (χ2v) is 7.78. The van der Waals surface area contributed by atoms with Crippen molar-refractivity contribution in [1.82, 2.24) is 15.5 Å². The van der Waals surface area contributed by atoms with E-state index in [1.807, 2.05) is 38.4 Å². The Kier molecular flexibility index (Phi) is 7.71. The average Bonchev–Trinajstić information content (AvgIpc) is 3.56. The molecule has 6 nitrogen and oxygen atoms in total. The second kappa shape index (κ2) is 10.7. The summed E-state index contributed by atoms with van der Waals surface area (Å²) in [5, 5.41) is 6.35. The molecule has 0 unspecified atom stereocenters. The van der Waals surface area contributed by atoms with Crippen molar-refractivity contribution in [2.75, 3.05) is 27.2 Å². The molecule has 0 aliphatic heterocycles. The van der Waals surface area contributed by atoms with Crippen LogP contribution in [-0.4, -0.2) is 50.1 Å². The molecule has 0 atom stereocenters. The topological polar surface area (TPSA) is 66.0 Å². The van der Waals surface area contributed by atoms with Crippen molar-refractivity contribution in [2.45, 2.75) is 38.8 Å². The van der Waals surface area contributed by atoms with E-state index in [4.69, 9.17) is 4.74 Å². The van der Waals surface area contributed by atoms with Crippen LogP contribution in [0.3, 0.4) is 0 Å². The van der Waals surface area contributed by atoms with Crippen molar-refractivity contribution in [2.24, 2.45) is 4.99 Å². The maximum absolute atomic E-state index is 11.7. The van der Waals surface area contributed by atoms with Gasteiger partial charge in [-0.3, -0.25) is 9.79 Å². The van der Waals surface area contributed by atoms with Crippen molar-refractivity contribution < 1.29 is 9.53 Å². The number of ether oxygens (including phenoxy) is 1. The molecule has 0 bridgehead atoms. The van der Waals surface area contributed by atoms with Crippen LogP contribution >= 0.6 is 0 Å². The van der Waals surface area contributed by atoms with Crippen molar-refractivity contribution >= 4 is 11.9 Å². The number of nitrogens with one attached hydrogen (secondary N) is 2. The third-order valence-electron chi connectivity index (χ3n) is 5.17. The summed E-state index contributed by atoms with van der Waals surface area (Å²) in [6.07, 6.45) is 3.04. The number of carbonyl (C=O) groups is 1. The van der Waals surface area contributed by atoms with Crippen molar-refractivity contribution in [1.29, 1.82) is 0 Å². The zero-order valence-electron chi connectivity index (χ0n) is 18.1. The summed E-state index contributed by atoms with van der Waals surface area (Å²) in [5.41, 5.74) is 3.78. The molecule has 2 aromatic rings. The van der Waals surface area contributed by atoms with E-state index in [1.54, 1.807) is 0 Å². The first-order valence-corrected chi connectivity index (χ1v) is 10.5. The number of rotatable bonds is 9. The fourth-order valence-electron chi connectivity index (χ4n) is 3.22. The predicted octanol–water partition coefficient (Wildman–Crippen LogP) is 2.90. The van der Waals surface area contributed by atoms with E-state index in [1.165, 1.54) is 16.7 Å². The Morgan fingerprint density at radius 2 is 1.90 bits per heavy atom.